The molecule has 0 aliphatic carbocycles. The van der Waals surface area contributed by atoms with E-state index in [1.165, 1.54) is 24.0 Å². The third-order valence-corrected chi connectivity index (χ3v) is 4.72. The molecule has 0 saturated heterocycles. The number of unbranched alkanes of at least 4 members (excludes halogenated alkanes) is 2. The van der Waals surface area contributed by atoms with Crippen molar-refractivity contribution in [2.75, 3.05) is 6.61 Å². The minimum atomic E-state index is -2.05. The van der Waals surface area contributed by atoms with Gasteiger partial charge in [-0.05, 0) is 50.6 Å². The number of benzene rings is 1. The van der Waals surface area contributed by atoms with Gasteiger partial charge in [0.15, 0.2) is 0 Å². The normalized spacial score (nSPS) is 11.6. The van der Waals surface area contributed by atoms with Gasteiger partial charge in [-0.3, -0.25) is 0 Å². The van der Waals surface area contributed by atoms with Crippen LogP contribution in [0, 0.1) is 13.8 Å². The molecule has 18 heavy (non-hydrogen) atoms. The molecule has 0 unspecified atom stereocenters. The van der Waals surface area contributed by atoms with Crippen molar-refractivity contribution in [3.63, 3.8) is 0 Å². The van der Waals surface area contributed by atoms with Gasteiger partial charge in [0.2, 0.25) is 0 Å². The molecule has 0 aliphatic heterocycles. The van der Waals surface area contributed by atoms with Crippen LogP contribution in [0.25, 0.3) is 0 Å². The van der Waals surface area contributed by atoms with Gasteiger partial charge in [0.1, 0.15) is 5.75 Å². The van der Waals surface area contributed by atoms with Crippen LogP contribution in [0.1, 0.15) is 37.3 Å². The summed E-state index contributed by atoms with van der Waals surface area (Å²) in [5, 5.41) is 0. The van der Waals surface area contributed by atoms with Crippen LogP contribution in [0.5, 0.6) is 5.75 Å². The second kappa shape index (κ2) is 6.95. The lowest BCUT2D eigenvalue weighted by Gasteiger charge is -2.25. The van der Waals surface area contributed by atoms with Crippen LogP contribution in [-0.2, 0) is 4.43 Å². The van der Waals surface area contributed by atoms with E-state index in [1.54, 1.807) is 0 Å². The van der Waals surface area contributed by atoms with Gasteiger partial charge >= 0.3 is 8.56 Å². The first-order valence-electron chi connectivity index (χ1n) is 6.85. The van der Waals surface area contributed by atoms with Gasteiger partial charge in [-0.25, -0.2) is 0 Å². The van der Waals surface area contributed by atoms with Gasteiger partial charge in [-0.15, -0.1) is 0 Å². The average Bonchev–Trinajstić information content (AvgIpc) is 2.31. The number of hydrogen-bond acceptors (Lipinski definition) is 2. The molecule has 1 aromatic carbocycles. The summed E-state index contributed by atoms with van der Waals surface area (Å²) >= 11 is 0. The van der Waals surface area contributed by atoms with Crippen LogP contribution in [0.3, 0.4) is 0 Å². The SMILES string of the molecule is CCCCCO[Si](C)(C)Oc1cccc(C)c1C. The van der Waals surface area contributed by atoms with Crippen molar-refractivity contribution >= 4 is 8.56 Å². The van der Waals surface area contributed by atoms with Crippen molar-refractivity contribution in [1.82, 2.24) is 0 Å². The first-order valence-corrected chi connectivity index (χ1v) is 9.67. The summed E-state index contributed by atoms with van der Waals surface area (Å²) in [7, 11) is -2.05. The maximum Gasteiger partial charge on any atom is 0.392 e. The van der Waals surface area contributed by atoms with E-state index in [0.29, 0.717) is 0 Å². The highest BCUT2D eigenvalue weighted by molar-refractivity contribution is 6.65. The first-order chi connectivity index (χ1) is 8.46. The number of rotatable bonds is 7. The molecule has 1 rings (SSSR count). The van der Waals surface area contributed by atoms with Crippen LogP contribution in [0.2, 0.25) is 13.1 Å². The van der Waals surface area contributed by atoms with Gasteiger partial charge in [-0.1, -0.05) is 31.9 Å². The summed E-state index contributed by atoms with van der Waals surface area (Å²) in [5.74, 6) is 0.974. The Morgan fingerprint density at radius 3 is 2.50 bits per heavy atom. The molecule has 0 spiro atoms. The average molecular weight is 266 g/mol. The number of aryl methyl sites for hydroxylation is 1. The van der Waals surface area contributed by atoms with E-state index in [-0.39, 0.29) is 0 Å². The summed E-state index contributed by atoms with van der Waals surface area (Å²) < 4.78 is 12.1. The molecule has 0 heterocycles. The summed E-state index contributed by atoms with van der Waals surface area (Å²) in [6, 6.07) is 6.19. The Morgan fingerprint density at radius 1 is 1.11 bits per heavy atom. The van der Waals surface area contributed by atoms with E-state index < -0.39 is 8.56 Å². The van der Waals surface area contributed by atoms with E-state index in [0.717, 1.165) is 18.8 Å². The maximum absolute atomic E-state index is 6.11. The van der Waals surface area contributed by atoms with E-state index >= 15 is 0 Å². The largest absolute Gasteiger partial charge is 0.520 e. The highest BCUT2D eigenvalue weighted by Gasteiger charge is 2.27. The fourth-order valence-electron chi connectivity index (χ4n) is 1.80. The Labute approximate surface area is 113 Å². The molecule has 0 atom stereocenters. The quantitative estimate of drug-likeness (QED) is 0.531. The third-order valence-electron chi connectivity index (χ3n) is 3.11. The van der Waals surface area contributed by atoms with Gasteiger partial charge in [0.25, 0.3) is 0 Å². The molecule has 2 nitrogen and oxygen atoms in total. The van der Waals surface area contributed by atoms with E-state index in [9.17, 15) is 0 Å². The van der Waals surface area contributed by atoms with Gasteiger partial charge in [0, 0.05) is 6.61 Å². The maximum atomic E-state index is 6.11. The lowest BCUT2D eigenvalue weighted by atomic mass is 10.1. The summed E-state index contributed by atoms with van der Waals surface area (Å²) in [4.78, 5) is 0. The minimum absolute atomic E-state index is 0.817. The molecule has 0 aromatic heterocycles. The monoisotopic (exact) mass is 266 g/mol. The lowest BCUT2D eigenvalue weighted by Crippen LogP contribution is -2.38. The predicted molar refractivity (Wildman–Crippen MR) is 79.5 cm³/mol. The highest BCUT2D eigenvalue weighted by Crippen LogP contribution is 2.24. The van der Waals surface area contributed by atoms with Crippen molar-refractivity contribution in [2.24, 2.45) is 0 Å². The molecule has 0 bridgehead atoms. The van der Waals surface area contributed by atoms with Crippen molar-refractivity contribution < 1.29 is 8.85 Å². The summed E-state index contributed by atoms with van der Waals surface area (Å²) in [6.45, 7) is 11.5. The second-order valence-electron chi connectivity index (χ2n) is 5.26. The van der Waals surface area contributed by atoms with E-state index in [1.807, 2.05) is 12.1 Å². The van der Waals surface area contributed by atoms with E-state index in [4.69, 9.17) is 8.85 Å². The van der Waals surface area contributed by atoms with Crippen molar-refractivity contribution in [1.29, 1.82) is 0 Å². The zero-order chi connectivity index (χ0) is 13.6. The molecule has 0 saturated carbocycles. The van der Waals surface area contributed by atoms with Crippen LogP contribution >= 0.6 is 0 Å². The Balaban J connectivity index is 2.56. The molecule has 1 aromatic rings. The predicted octanol–water partition coefficient (Wildman–Crippen LogP) is 4.59. The second-order valence-corrected chi connectivity index (χ2v) is 8.55. The third kappa shape index (κ3) is 4.82. The summed E-state index contributed by atoms with van der Waals surface area (Å²) in [5.41, 5.74) is 2.48. The van der Waals surface area contributed by atoms with Gasteiger partial charge < -0.3 is 8.85 Å². The zero-order valence-electron chi connectivity index (χ0n) is 12.4. The lowest BCUT2D eigenvalue weighted by molar-refractivity contribution is 0.241. The van der Waals surface area contributed by atoms with Gasteiger partial charge in [0.05, 0.1) is 0 Å². The summed E-state index contributed by atoms with van der Waals surface area (Å²) in [6.07, 6.45) is 3.58. The first kappa shape index (κ1) is 15.3. The molecular formula is C15H26O2Si. The van der Waals surface area contributed by atoms with Crippen molar-refractivity contribution in [2.45, 2.75) is 53.1 Å². The Bertz CT molecular complexity index is 375. The smallest absolute Gasteiger partial charge is 0.392 e. The van der Waals surface area contributed by atoms with Crippen LogP contribution in [-0.4, -0.2) is 15.2 Å². The Morgan fingerprint density at radius 2 is 1.83 bits per heavy atom. The molecule has 0 fully saturated rings. The molecule has 102 valence electrons. The van der Waals surface area contributed by atoms with Crippen LogP contribution in [0.15, 0.2) is 18.2 Å². The Hall–Kier alpha value is -0.803. The van der Waals surface area contributed by atoms with Crippen LogP contribution in [0.4, 0.5) is 0 Å². The minimum Gasteiger partial charge on any atom is -0.520 e. The Kier molecular flexibility index (Phi) is 5.89. The number of hydrogen-bond donors (Lipinski definition) is 0. The zero-order valence-corrected chi connectivity index (χ0v) is 13.4. The van der Waals surface area contributed by atoms with Gasteiger partial charge in [-0.2, -0.15) is 0 Å². The fraction of sp³-hybridized carbons (Fsp3) is 0.600. The molecule has 0 aliphatic rings. The van der Waals surface area contributed by atoms with E-state index in [2.05, 4.69) is 39.9 Å². The van der Waals surface area contributed by atoms with Crippen molar-refractivity contribution in [3.05, 3.63) is 29.3 Å². The topological polar surface area (TPSA) is 18.5 Å². The van der Waals surface area contributed by atoms with Crippen LogP contribution < -0.4 is 4.43 Å². The van der Waals surface area contributed by atoms with Crippen molar-refractivity contribution in [3.8, 4) is 5.75 Å². The molecule has 0 N–H and O–H groups in total. The molecule has 0 amide bonds. The molecule has 3 heteroatoms. The molecular weight excluding hydrogens is 240 g/mol. The highest BCUT2D eigenvalue weighted by atomic mass is 28.4. The fourth-order valence-corrected chi connectivity index (χ4v) is 3.24. The molecule has 0 radical (unpaired) electrons. The standard InChI is InChI=1S/C15H26O2Si/c1-6-7-8-12-16-18(4,5)17-15-11-9-10-13(2)14(15)3/h9-11H,6-8,12H2,1-5H3.